The van der Waals surface area contributed by atoms with Crippen LogP contribution in [0.4, 0.5) is 0 Å². The lowest BCUT2D eigenvalue weighted by Crippen LogP contribution is -2.44. The summed E-state index contributed by atoms with van der Waals surface area (Å²) in [4.78, 5) is 0. The van der Waals surface area contributed by atoms with Gasteiger partial charge in [0.1, 0.15) is 0 Å². The maximum atomic E-state index is 5.84. The Kier molecular flexibility index (Phi) is 3.09. The first-order valence-electron chi connectivity index (χ1n) is 6.89. The van der Waals surface area contributed by atoms with Crippen molar-refractivity contribution in [1.82, 2.24) is 5.43 Å². The number of rotatable bonds is 3. The van der Waals surface area contributed by atoms with E-state index in [0.29, 0.717) is 16.9 Å². The van der Waals surface area contributed by atoms with E-state index in [1.807, 2.05) is 0 Å². The molecule has 1 unspecified atom stereocenters. The second kappa shape index (κ2) is 3.99. The molecule has 0 bridgehead atoms. The van der Waals surface area contributed by atoms with Crippen LogP contribution in [0.15, 0.2) is 0 Å². The highest BCUT2D eigenvalue weighted by atomic mass is 15.2. The van der Waals surface area contributed by atoms with Crippen molar-refractivity contribution in [1.29, 1.82) is 0 Å². The molecule has 2 aliphatic carbocycles. The van der Waals surface area contributed by atoms with Gasteiger partial charge in [-0.25, -0.2) is 0 Å². The molecule has 16 heavy (non-hydrogen) atoms. The summed E-state index contributed by atoms with van der Waals surface area (Å²) in [5, 5.41) is 0. The molecule has 2 fully saturated rings. The number of hydrazine groups is 1. The number of hydrogen-bond acceptors (Lipinski definition) is 2. The predicted molar refractivity (Wildman–Crippen MR) is 68.7 cm³/mol. The summed E-state index contributed by atoms with van der Waals surface area (Å²) in [7, 11) is 0. The van der Waals surface area contributed by atoms with E-state index in [0.717, 1.165) is 11.8 Å². The Hall–Kier alpha value is -0.0800. The number of nitrogens with one attached hydrogen (secondary N) is 1. The fourth-order valence-corrected chi connectivity index (χ4v) is 4.14. The molecule has 0 aliphatic heterocycles. The Bertz CT molecular complexity index is 237. The van der Waals surface area contributed by atoms with Crippen molar-refractivity contribution in [3.8, 4) is 0 Å². The normalized spacial score (nSPS) is 31.3. The molecule has 0 amide bonds. The van der Waals surface area contributed by atoms with Gasteiger partial charge in [-0.15, -0.1) is 0 Å². The van der Waals surface area contributed by atoms with E-state index in [2.05, 4.69) is 33.1 Å². The lowest BCUT2D eigenvalue weighted by Gasteiger charge is -2.31. The SMILES string of the molecule is CC1(C)C(C(NN)C2CCCCC2)C1(C)C. The minimum Gasteiger partial charge on any atom is -0.271 e. The van der Waals surface area contributed by atoms with Gasteiger partial charge in [-0.2, -0.15) is 0 Å². The summed E-state index contributed by atoms with van der Waals surface area (Å²) in [6, 6.07) is 0.533. The van der Waals surface area contributed by atoms with Crippen LogP contribution >= 0.6 is 0 Å². The molecular weight excluding hydrogens is 196 g/mol. The van der Waals surface area contributed by atoms with Gasteiger partial charge in [0.25, 0.3) is 0 Å². The van der Waals surface area contributed by atoms with Crippen molar-refractivity contribution in [2.24, 2.45) is 28.5 Å². The molecule has 0 saturated heterocycles. The predicted octanol–water partition coefficient (Wildman–Crippen LogP) is 3.08. The van der Waals surface area contributed by atoms with Crippen molar-refractivity contribution in [3.63, 3.8) is 0 Å². The fraction of sp³-hybridized carbons (Fsp3) is 1.00. The van der Waals surface area contributed by atoms with Crippen molar-refractivity contribution < 1.29 is 0 Å². The topological polar surface area (TPSA) is 38.0 Å². The second-order valence-electron chi connectivity index (χ2n) is 7.01. The lowest BCUT2D eigenvalue weighted by molar-refractivity contribution is 0.227. The Morgan fingerprint density at radius 1 is 1.00 bits per heavy atom. The van der Waals surface area contributed by atoms with Crippen LogP contribution in [0.5, 0.6) is 0 Å². The lowest BCUT2D eigenvalue weighted by atomic mass is 9.80. The molecule has 2 saturated carbocycles. The molecule has 94 valence electrons. The van der Waals surface area contributed by atoms with E-state index in [9.17, 15) is 0 Å². The van der Waals surface area contributed by atoms with Gasteiger partial charge in [0.2, 0.25) is 0 Å². The van der Waals surface area contributed by atoms with Crippen molar-refractivity contribution in [2.75, 3.05) is 0 Å². The summed E-state index contributed by atoms with van der Waals surface area (Å²) in [5.74, 6) is 7.39. The molecule has 0 aromatic rings. The Balaban J connectivity index is 2.06. The molecule has 0 radical (unpaired) electrons. The third-order valence-corrected chi connectivity index (χ3v) is 5.84. The first-order chi connectivity index (χ1) is 7.43. The van der Waals surface area contributed by atoms with Gasteiger partial charge < -0.3 is 0 Å². The van der Waals surface area contributed by atoms with E-state index in [4.69, 9.17) is 5.84 Å². The van der Waals surface area contributed by atoms with Gasteiger partial charge in [0.05, 0.1) is 0 Å². The highest BCUT2D eigenvalue weighted by molar-refractivity contribution is 5.17. The van der Waals surface area contributed by atoms with Gasteiger partial charge in [-0.05, 0) is 35.5 Å². The minimum absolute atomic E-state index is 0.446. The maximum absolute atomic E-state index is 5.84. The van der Waals surface area contributed by atoms with Gasteiger partial charge in [-0.1, -0.05) is 47.0 Å². The fourth-order valence-electron chi connectivity index (χ4n) is 4.14. The Morgan fingerprint density at radius 2 is 1.50 bits per heavy atom. The monoisotopic (exact) mass is 224 g/mol. The highest BCUT2D eigenvalue weighted by Crippen LogP contribution is 2.70. The van der Waals surface area contributed by atoms with Crippen molar-refractivity contribution in [2.45, 2.75) is 65.8 Å². The summed E-state index contributed by atoms with van der Waals surface area (Å²) in [6.07, 6.45) is 6.97. The average Bonchev–Trinajstić information content (AvgIpc) is 2.64. The zero-order valence-corrected chi connectivity index (χ0v) is 11.3. The summed E-state index contributed by atoms with van der Waals surface area (Å²) in [6.45, 7) is 9.57. The van der Waals surface area contributed by atoms with Crippen LogP contribution in [-0.2, 0) is 0 Å². The van der Waals surface area contributed by atoms with Gasteiger partial charge in [-0.3, -0.25) is 11.3 Å². The summed E-state index contributed by atoms with van der Waals surface area (Å²) >= 11 is 0. The molecule has 0 heterocycles. The van der Waals surface area contributed by atoms with Crippen LogP contribution in [0, 0.1) is 22.7 Å². The largest absolute Gasteiger partial charge is 0.271 e. The summed E-state index contributed by atoms with van der Waals surface area (Å²) in [5.41, 5.74) is 4.04. The van der Waals surface area contributed by atoms with Gasteiger partial charge in [0, 0.05) is 6.04 Å². The smallest absolute Gasteiger partial charge is 0.0277 e. The zero-order valence-electron chi connectivity index (χ0n) is 11.3. The third-order valence-electron chi connectivity index (χ3n) is 5.84. The average molecular weight is 224 g/mol. The standard InChI is InChI=1S/C14H28N2/c1-13(2)12(14(13,3)4)11(16-15)10-8-6-5-7-9-10/h10-12,16H,5-9,15H2,1-4H3. The van der Waals surface area contributed by atoms with Gasteiger partial charge in [0.15, 0.2) is 0 Å². The van der Waals surface area contributed by atoms with Crippen LogP contribution < -0.4 is 11.3 Å². The maximum Gasteiger partial charge on any atom is 0.0277 e. The third kappa shape index (κ3) is 1.70. The van der Waals surface area contributed by atoms with Crippen molar-refractivity contribution >= 4 is 0 Å². The minimum atomic E-state index is 0.446. The zero-order chi connectivity index (χ0) is 12.0. The Labute approximate surface area is 100 Å². The first-order valence-corrected chi connectivity index (χ1v) is 6.89. The molecule has 0 aromatic carbocycles. The van der Waals surface area contributed by atoms with E-state index >= 15 is 0 Å². The van der Waals surface area contributed by atoms with Crippen LogP contribution in [0.2, 0.25) is 0 Å². The highest BCUT2D eigenvalue weighted by Gasteiger charge is 2.67. The van der Waals surface area contributed by atoms with E-state index < -0.39 is 0 Å². The molecule has 2 nitrogen and oxygen atoms in total. The molecule has 1 atom stereocenters. The first kappa shape index (κ1) is 12.4. The molecule has 2 rings (SSSR count). The number of hydrogen-bond donors (Lipinski definition) is 2. The number of nitrogens with two attached hydrogens (primary N) is 1. The Morgan fingerprint density at radius 3 is 1.88 bits per heavy atom. The van der Waals surface area contributed by atoms with Crippen LogP contribution in [0.1, 0.15) is 59.8 Å². The summed E-state index contributed by atoms with van der Waals surface area (Å²) < 4.78 is 0. The second-order valence-corrected chi connectivity index (χ2v) is 7.01. The van der Waals surface area contributed by atoms with Crippen molar-refractivity contribution in [3.05, 3.63) is 0 Å². The molecule has 0 spiro atoms. The van der Waals surface area contributed by atoms with Gasteiger partial charge >= 0.3 is 0 Å². The van der Waals surface area contributed by atoms with E-state index in [-0.39, 0.29) is 0 Å². The van der Waals surface area contributed by atoms with Crippen LogP contribution in [-0.4, -0.2) is 6.04 Å². The molecule has 3 N–H and O–H groups in total. The van der Waals surface area contributed by atoms with E-state index in [1.165, 1.54) is 32.1 Å². The van der Waals surface area contributed by atoms with Crippen LogP contribution in [0.25, 0.3) is 0 Å². The van der Waals surface area contributed by atoms with Crippen LogP contribution in [0.3, 0.4) is 0 Å². The molecule has 2 heteroatoms. The van der Waals surface area contributed by atoms with E-state index in [1.54, 1.807) is 0 Å². The molecular formula is C14H28N2. The molecule has 2 aliphatic rings. The quantitative estimate of drug-likeness (QED) is 0.571. The molecule has 0 aromatic heterocycles.